The lowest BCUT2D eigenvalue weighted by molar-refractivity contribution is -0.142. The highest BCUT2D eigenvalue weighted by Gasteiger charge is 2.56. The molecule has 3 aliphatic carbocycles. The number of carbonyl (C=O) groups is 5. The topological polar surface area (TPSA) is 129 Å². The number of aromatic hydroxyl groups is 1. The number of fused-ring (bicyclic) bond motifs is 3. The van der Waals surface area contributed by atoms with Crippen LogP contribution in [0.1, 0.15) is 44.1 Å². The fraction of sp³-hybridized carbons (Fsp3) is 0.370. The summed E-state index contributed by atoms with van der Waals surface area (Å²) < 4.78 is 0.687. The van der Waals surface area contributed by atoms with Gasteiger partial charge in [0.25, 0.3) is 0 Å². The first-order valence-corrected chi connectivity index (χ1v) is 12.6. The molecule has 2 N–H and O–H groups in total. The summed E-state index contributed by atoms with van der Waals surface area (Å²) in [6.07, 6.45) is 3.67. The maximum absolute atomic E-state index is 13.5. The molecule has 0 aromatic heterocycles. The van der Waals surface area contributed by atoms with Gasteiger partial charge < -0.3 is 10.2 Å². The van der Waals surface area contributed by atoms with Crippen LogP contribution in [-0.2, 0) is 24.0 Å². The number of carboxylic acid groups (broad SMARTS) is 1. The summed E-state index contributed by atoms with van der Waals surface area (Å²) in [6.45, 7) is 1.61. The van der Waals surface area contributed by atoms with Gasteiger partial charge in [0.2, 0.25) is 11.8 Å². The van der Waals surface area contributed by atoms with Crippen LogP contribution in [-0.4, -0.2) is 51.0 Å². The number of phenolic OH excluding ortho intramolecular Hbond substituents is 1. The Morgan fingerprint density at radius 2 is 1.89 bits per heavy atom. The molecule has 9 heteroatoms. The van der Waals surface area contributed by atoms with E-state index < -0.39 is 29.6 Å². The number of allylic oxidation sites excluding steroid dienone is 6. The highest BCUT2D eigenvalue weighted by molar-refractivity contribution is 9.10. The van der Waals surface area contributed by atoms with Gasteiger partial charge in [-0.3, -0.25) is 28.9 Å². The quantitative estimate of drug-likeness (QED) is 0.324. The smallest absolute Gasteiger partial charge is 0.303 e. The molecule has 5 rings (SSSR count). The number of ketones is 2. The van der Waals surface area contributed by atoms with E-state index in [9.17, 15) is 29.1 Å². The number of phenols is 1. The molecule has 186 valence electrons. The molecule has 2 amide bonds. The van der Waals surface area contributed by atoms with E-state index >= 15 is 0 Å². The Morgan fingerprint density at radius 1 is 1.14 bits per heavy atom. The van der Waals surface area contributed by atoms with Crippen molar-refractivity contribution in [2.45, 2.75) is 38.5 Å². The number of carbonyl (C=O) groups excluding carboxylic acids is 4. The summed E-state index contributed by atoms with van der Waals surface area (Å²) in [4.78, 5) is 65.2. The number of aliphatic carboxylic acids is 1. The zero-order chi connectivity index (χ0) is 25.9. The van der Waals surface area contributed by atoms with E-state index in [2.05, 4.69) is 15.9 Å². The van der Waals surface area contributed by atoms with E-state index in [-0.39, 0.29) is 54.9 Å². The Balaban J connectivity index is 1.60. The number of imide groups is 1. The van der Waals surface area contributed by atoms with Gasteiger partial charge in [-0.05, 0) is 56.4 Å². The monoisotopic (exact) mass is 553 g/mol. The molecule has 0 spiro atoms. The molecule has 0 unspecified atom stereocenters. The Morgan fingerprint density at radius 3 is 2.61 bits per heavy atom. The molecule has 1 saturated heterocycles. The van der Waals surface area contributed by atoms with Crippen molar-refractivity contribution >= 4 is 45.3 Å². The largest absolute Gasteiger partial charge is 0.508 e. The molecule has 4 aliphatic rings. The van der Waals surface area contributed by atoms with Crippen molar-refractivity contribution in [3.8, 4) is 5.75 Å². The number of Topliss-reactive ketones (excluding diaryl/α,β-unsaturated/α-hetero) is 1. The lowest BCUT2D eigenvalue weighted by Gasteiger charge is -2.42. The molecule has 0 saturated carbocycles. The molecule has 4 atom stereocenters. The summed E-state index contributed by atoms with van der Waals surface area (Å²) in [5, 5.41) is 19.7. The van der Waals surface area contributed by atoms with E-state index in [4.69, 9.17) is 5.11 Å². The first-order chi connectivity index (χ1) is 17.1. The summed E-state index contributed by atoms with van der Waals surface area (Å²) in [5.41, 5.74) is 2.17. The molecule has 36 heavy (non-hydrogen) atoms. The van der Waals surface area contributed by atoms with Crippen LogP contribution in [0.25, 0.3) is 0 Å². The standard InChI is InChI=1S/C27H24BrNO7/c1-12-9-20(31)24-18(25(12)34)11-16-14(22(24)17-10-13(28)4-7-19(17)30)5-6-15-23(16)27(36)29(26(15)35)8-2-3-21(32)33/h4-5,7,9-10,15-16,22-23,30H,2-3,6,8,11H2,1H3,(H,32,33)/t15-,16+,22+,23-/m0/s1. The molecule has 0 bridgehead atoms. The number of amides is 2. The number of likely N-dealkylation sites (tertiary alicyclic amines) is 1. The molecular formula is C27H24BrNO7. The average Bonchev–Trinajstić information content (AvgIpc) is 3.07. The lowest BCUT2D eigenvalue weighted by atomic mass is 9.59. The third-order valence-corrected chi connectivity index (χ3v) is 8.22. The predicted molar refractivity (Wildman–Crippen MR) is 131 cm³/mol. The highest BCUT2D eigenvalue weighted by atomic mass is 79.9. The molecular weight excluding hydrogens is 530 g/mol. The molecule has 1 heterocycles. The van der Waals surface area contributed by atoms with Crippen molar-refractivity contribution in [2.75, 3.05) is 6.54 Å². The Bertz CT molecular complexity index is 1340. The van der Waals surface area contributed by atoms with Crippen molar-refractivity contribution in [1.82, 2.24) is 4.90 Å². The van der Waals surface area contributed by atoms with Crippen LogP contribution in [0.3, 0.4) is 0 Å². The highest BCUT2D eigenvalue weighted by Crippen LogP contribution is 2.56. The van der Waals surface area contributed by atoms with Crippen LogP contribution in [0.15, 0.2) is 57.1 Å². The van der Waals surface area contributed by atoms with Gasteiger partial charge in [-0.2, -0.15) is 0 Å². The van der Waals surface area contributed by atoms with E-state index in [0.29, 0.717) is 33.2 Å². The van der Waals surface area contributed by atoms with Gasteiger partial charge in [-0.25, -0.2) is 0 Å². The maximum atomic E-state index is 13.5. The second-order valence-electron chi connectivity index (χ2n) is 9.76. The number of hydrogen-bond donors (Lipinski definition) is 2. The second kappa shape index (κ2) is 8.96. The van der Waals surface area contributed by atoms with Gasteiger partial charge in [-0.1, -0.05) is 27.6 Å². The third-order valence-electron chi connectivity index (χ3n) is 7.73. The summed E-state index contributed by atoms with van der Waals surface area (Å²) >= 11 is 3.42. The van der Waals surface area contributed by atoms with E-state index in [0.717, 1.165) is 10.5 Å². The van der Waals surface area contributed by atoms with Gasteiger partial charge in [-0.15, -0.1) is 0 Å². The molecule has 1 aromatic rings. The molecule has 8 nitrogen and oxygen atoms in total. The minimum absolute atomic E-state index is 0.0298. The van der Waals surface area contributed by atoms with Gasteiger partial charge in [0.15, 0.2) is 11.6 Å². The summed E-state index contributed by atoms with van der Waals surface area (Å²) in [6, 6.07) is 4.90. The third kappa shape index (κ3) is 3.77. The average molecular weight is 554 g/mol. The van der Waals surface area contributed by atoms with E-state index in [1.54, 1.807) is 19.1 Å². The van der Waals surface area contributed by atoms with Gasteiger partial charge >= 0.3 is 5.97 Å². The van der Waals surface area contributed by atoms with Crippen LogP contribution in [0.5, 0.6) is 5.75 Å². The zero-order valence-electron chi connectivity index (χ0n) is 19.5. The van der Waals surface area contributed by atoms with Crippen LogP contribution in [0.2, 0.25) is 0 Å². The predicted octanol–water partition coefficient (Wildman–Crippen LogP) is 3.45. The fourth-order valence-corrected chi connectivity index (χ4v) is 6.55. The van der Waals surface area contributed by atoms with Crippen LogP contribution in [0.4, 0.5) is 0 Å². The Kier molecular flexibility index (Phi) is 6.06. The summed E-state index contributed by atoms with van der Waals surface area (Å²) in [5.74, 6) is -4.79. The Hall–Kier alpha value is -3.33. The van der Waals surface area contributed by atoms with Crippen LogP contribution in [0, 0.1) is 17.8 Å². The summed E-state index contributed by atoms with van der Waals surface area (Å²) in [7, 11) is 0. The normalized spacial score (nSPS) is 27.4. The number of benzene rings is 1. The number of hydrogen-bond acceptors (Lipinski definition) is 6. The first-order valence-electron chi connectivity index (χ1n) is 11.9. The van der Waals surface area contributed by atoms with Crippen molar-refractivity contribution in [3.63, 3.8) is 0 Å². The van der Waals surface area contributed by atoms with Crippen molar-refractivity contribution in [3.05, 3.63) is 62.7 Å². The van der Waals surface area contributed by atoms with Crippen molar-refractivity contribution < 1.29 is 34.2 Å². The van der Waals surface area contributed by atoms with Gasteiger partial charge in [0, 0.05) is 45.6 Å². The van der Waals surface area contributed by atoms with Gasteiger partial charge in [0.1, 0.15) is 5.75 Å². The molecule has 1 fully saturated rings. The number of carboxylic acids is 1. The number of halogens is 1. The zero-order valence-corrected chi connectivity index (χ0v) is 21.1. The maximum Gasteiger partial charge on any atom is 0.303 e. The SMILES string of the molecule is CC1=CC(=O)C2=C(C[C@@H]3C(=CC[C@@H]4C(=O)N(CCCC(=O)O)C(=O)[C@@H]43)[C@@H]2c2cc(Br)ccc2O)C1=O. The second-order valence-corrected chi connectivity index (χ2v) is 10.7. The molecule has 0 radical (unpaired) electrons. The van der Waals surface area contributed by atoms with E-state index in [1.807, 2.05) is 6.08 Å². The number of nitrogens with zero attached hydrogens (tertiary/aromatic N) is 1. The first kappa shape index (κ1) is 24.4. The number of rotatable bonds is 5. The van der Waals surface area contributed by atoms with Crippen molar-refractivity contribution in [2.24, 2.45) is 17.8 Å². The lowest BCUT2D eigenvalue weighted by Crippen LogP contribution is -2.40. The van der Waals surface area contributed by atoms with E-state index in [1.165, 1.54) is 12.1 Å². The van der Waals surface area contributed by atoms with Gasteiger partial charge in [0.05, 0.1) is 11.8 Å². The van der Waals surface area contributed by atoms with Crippen LogP contribution < -0.4 is 0 Å². The fourth-order valence-electron chi connectivity index (χ4n) is 6.17. The van der Waals surface area contributed by atoms with Crippen LogP contribution >= 0.6 is 15.9 Å². The van der Waals surface area contributed by atoms with Crippen molar-refractivity contribution in [1.29, 1.82) is 0 Å². The Labute approximate surface area is 215 Å². The molecule has 1 aromatic carbocycles. The minimum Gasteiger partial charge on any atom is -0.508 e. The molecule has 1 aliphatic heterocycles. The minimum atomic E-state index is -0.997.